The number of aliphatic hydroxyl groups is 4. The first-order chi connectivity index (χ1) is 30.4. The van der Waals surface area contributed by atoms with Gasteiger partial charge >= 0.3 is 5.97 Å². The monoisotopic (exact) mass is 867 g/mol. The molecule has 4 N–H and O–H groups in total. The summed E-state index contributed by atoms with van der Waals surface area (Å²) in [5, 5.41) is 40.1. The van der Waals surface area contributed by atoms with Crippen molar-refractivity contribution < 1.29 is 44.2 Å². The first kappa shape index (κ1) is 56.9. The summed E-state index contributed by atoms with van der Waals surface area (Å²) < 4.78 is 22.8. The number of ether oxygens (including phenoxy) is 4. The molecule has 1 aliphatic rings. The molecule has 1 saturated heterocycles. The molecule has 0 saturated carbocycles. The summed E-state index contributed by atoms with van der Waals surface area (Å²) in [5.74, 6) is -0.344. The smallest absolute Gasteiger partial charge is 0.306 e. The molecule has 6 unspecified atom stereocenters. The summed E-state index contributed by atoms with van der Waals surface area (Å²) in [6.07, 6.45) is 54.0. The number of esters is 1. The zero-order chi connectivity index (χ0) is 45.0. The van der Waals surface area contributed by atoms with Crippen LogP contribution < -0.4 is 0 Å². The van der Waals surface area contributed by atoms with Gasteiger partial charge in [-0.05, 0) is 96.3 Å². The Labute approximate surface area is 376 Å². The lowest BCUT2D eigenvalue weighted by Gasteiger charge is -2.39. The predicted octanol–water partition coefficient (Wildman–Crippen LogP) is 11.4. The van der Waals surface area contributed by atoms with Crippen LogP contribution in [0.25, 0.3) is 0 Å². The Hall–Kier alpha value is -3.15. The van der Waals surface area contributed by atoms with Gasteiger partial charge in [-0.2, -0.15) is 0 Å². The van der Waals surface area contributed by atoms with Gasteiger partial charge in [0, 0.05) is 13.0 Å². The van der Waals surface area contributed by atoms with Gasteiger partial charge in [0.1, 0.15) is 30.5 Å². The van der Waals surface area contributed by atoms with Crippen LogP contribution in [0.15, 0.2) is 109 Å². The average Bonchev–Trinajstić information content (AvgIpc) is 3.27. The van der Waals surface area contributed by atoms with E-state index in [0.29, 0.717) is 6.61 Å². The van der Waals surface area contributed by atoms with Gasteiger partial charge in [0.2, 0.25) is 0 Å². The number of unbranched alkanes of at least 4 members (excludes halogenated alkanes) is 10. The lowest BCUT2D eigenvalue weighted by molar-refractivity contribution is -0.305. The Morgan fingerprint density at radius 3 is 1.48 bits per heavy atom. The molecule has 1 heterocycles. The molecule has 0 aromatic carbocycles. The normalized spacial score (nSPS) is 20.8. The van der Waals surface area contributed by atoms with Crippen molar-refractivity contribution in [2.45, 2.75) is 192 Å². The molecular formula is C53H86O9. The molecule has 0 aromatic rings. The zero-order valence-electron chi connectivity index (χ0n) is 38.6. The van der Waals surface area contributed by atoms with E-state index in [1.54, 1.807) is 0 Å². The molecule has 62 heavy (non-hydrogen) atoms. The fourth-order valence-corrected chi connectivity index (χ4v) is 6.45. The minimum Gasteiger partial charge on any atom is -0.457 e. The van der Waals surface area contributed by atoms with Crippen LogP contribution in [0.3, 0.4) is 0 Å². The Balaban J connectivity index is 2.26. The number of carbonyl (C=O) groups is 1. The number of hydrogen-bond acceptors (Lipinski definition) is 9. The second-order valence-corrected chi connectivity index (χ2v) is 15.8. The van der Waals surface area contributed by atoms with E-state index in [0.717, 1.165) is 128 Å². The van der Waals surface area contributed by atoms with E-state index in [4.69, 9.17) is 18.9 Å². The third-order valence-corrected chi connectivity index (χ3v) is 10.2. The maximum atomic E-state index is 12.8. The van der Waals surface area contributed by atoms with Crippen LogP contribution in [0, 0.1) is 0 Å². The van der Waals surface area contributed by atoms with E-state index in [2.05, 4.69) is 123 Å². The van der Waals surface area contributed by atoms with E-state index in [-0.39, 0.29) is 25.6 Å². The molecule has 0 radical (unpaired) electrons. The topological polar surface area (TPSA) is 135 Å². The van der Waals surface area contributed by atoms with E-state index >= 15 is 0 Å². The molecule has 9 nitrogen and oxygen atoms in total. The van der Waals surface area contributed by atoms with Gasteiger partial charge in [0.25, 0.3) is 0 Å². The third-order valence-electron chi connectivity index (χ3n) is 10.2. The van der Waals surface area contributed by atoms with Gasteiger partial charge in [0.05, 0.1) is 19.8 Å². The molecule has 0 amide bonds. The van der Waals surface area contributed by atoms with Crippen LogP contribution in [0.5, 0.6) is 0 Å². The van der Waals surface area contributed by atoms with Gasteiger partial charge in [-0.15, -0.1) is 0 Å². The number of rotatable bonds is 39. The van der Waals surface area contributed by atoms with E-state index < -0.39 is 43.4 Å². The quantitative estimate of drug-likeness (QED) is 0.0271. The Morgan fingerprint density at radius 1 is 0.532 bits per heavy atom. The Bertz CT molecular complexity index is 1310. The molecule has 0 spiro atoms. The molecule has 1 rings (SSSR count). The Morgan fingerprint density at radius 2 is 0.984 bits per heavy atom. The van der Waals surface area contributed by atoms with Crippen molar-refractivity contribution in [1.29, 1.82) is 0 Å². The largest absolute Gasteiger partial charge is 0.457 e. The summed E-state index contributed by atoms with van der Waals surface area (Å²) in [5.41, 5.74) is 0. The summed E-state index contributed by atoms with van der Waals surface area (Å²) >= 11 is 0. The molecule has 9 heteroatoms. The number of allylic oxidation sites excluding steroid dienone is 18. The van der Waals surface area contributed by atoms with E-state index in [1.165, 1.54) is 6.42 Å². The molecular weight excluding hydrogens is 781 g/mol. The molecule has 0 bridgehead atoms. The highest BCUT2D eigenvalue weighted by atomic mass is 16.7. The number of hydrogen-bond donors (Lipinski definition) is 4. The summed E-state index contributed by atoms with van der Waals surface area (Å²) in [7, 11) is 0. The maximum Gasteiger partial charge on any atom is 0.306 e. The first-order valence-corrected chi connectivity index (χ1v) is 24.0. The van der Waals surface area contributed by atoms with Crippen molar-refractivity contribution in [2.24, 2.45) is 0 Å². The summed E-state index contributed by atoms with van der Waals surface area (Å²) in [4.78, 5) is 12.8. The average molecular weight is 867 g/mol. The van der Waals surface area contributed by atoms with Gasteiger partial charge in [-0.1, -0.05) is 162 Å². The lowest BCUT2D eigenvalue weighted by Crippen LogP contribution is -2.59. The van der Waals surface area contributed by atoms with Gasteiger partial charge in [-0.25, -0.2) is 0 Å². The van der Waals surface area contributed by atoms with Crippen molar-refractivity contribution in [1.82, 2.24) is 0 Å². The highest BCUT2D eigenvalue weighted by Crippen LogP contribution is 2.22. The number of carbonyl (C=O) groups excluding carboxylic acids is 1. The minimum atomic E-state index is -1.55. The highest BCUT2D eigenvalue weighted by Gasteiger charge is 2.44. The number of aliphatic hydroxyl groups excluding tert-OH is 4. The first-order valence-electron chi connectivity index (χ1n) is 24.0. The molecule has 6 atom stereocenters. The fraction of sp³-hybridized carbons (Fsp3) is 0.642. The predicted molar refractivity (Wildman–Crippen MR) is 256 cm³/mol. The van der Waals surface area contributed by atoms with Crippen LogP contribution in [-0.2, 0) is 23.7 Å². The van der Waals surface area contributed by atoms with E-state index in [1.807, 2.05) is 0 Å². The van der Waals surface area contributed by atoms with Crippen LogP contribution in [0.1, 0.15) is 155 Å². The van der Waals surface area contributed by atoms with Crippen molar-refractivity contribution in [3.05, 3.63) is 109 Å². The van der Waals surface area contributed by atoms with Crippen molar-refractivity contribution in [3.8, 4) is 0 Å². The van der Waals surface area contributed by atoms with Crippen molar-refractivity contribution >= 4 is 5.97 Å². The van der Waals surface area contributed by atoms with E-state index in [9.17, 15) is 25.2 Å². The van der Waals surface area contributed by atoms with Crippen molar-refractivity contribution in [2.75, 3.05) is 26.4 Å². The molecule has 1 aliphatic heterocycles. The standard InChI is InChI=1S/C53H86O9/c1-3-5-7-9-11-13-15-17-18-19-20-21-22-23-24-25-26-27-28-29-31-33-35-37-39-41-43-59-45-47(46-60-53-52(58)51(57)50(56)48(44-54)62-53)61-49(55)42-40-38-36-34-32-30-16-14-12-10-8-6-4-2/h5,7-8,10-11,13-14,16-18,20-21,23-24,26-27,29,31,47-48,50-54,56-58H,3-4,6,9,12,15,19,22,25,28,30,32-46H2,1-2H3/b7-5-,10-8-,13-11-,16-14-,18-17-,21-20-,24-23-,27-26-,31-29-. The van der Waals surface area contributed by atoms with Gasteiger partial charge in [-0.3, -0.25) is 4.79 Å². The van der Waals surface area contributed by atoms with Crippen LogP contribution in [0.4, 0.5) is 0 Å². The van der Waals surface area contributed by atoms with Crippen LogP contribution in [-0.4, -0.2) is 89.6 Å². The zero-order valence-corrected chi connectivity index (χ0v) is 38.6. The molecule has 1 fully saturated rings. The SMILES string of the molecule is CC/C=C\C/C=C\C/C=C\C/C=C\C/C=C\C/C=C\C/C=C\CCCCCCOCC(COC1OC(CO)C(O)C(O)C1O)OC(=O)CCCCCCC/C=C\C/C=C\CCC. The summed E-state index contributed by atoms with van der Waals surface area (Å²) in [6.45, 7) is 4.27. The molecule has 0 aliphatic carbocycles. The summed E-state index contributed by atoms with van der Waals surface area (Å²) in [6, 6.07) is 0. The minimum absolute atomic E-state index is 0.114. The van der Waals surface area contributed by atoms with Gasteiger partial charge < -0.3 is 39.4 Å². The lowest BCUT2D eigenvalue weighted by atomic mass is 9.99. The fourth-order valence-electron chi connectivity index (χ4n) is 6.45. The second kappa shape index (κ2) is 43.1. The second-order valence-electron chi connectivity index (χ2n) is 15.8. The maximum absolute atomic E-state index is 12.8. The van der Waals surface area contributed by atoms with Crippen LogP contribution >= 0.6 is 0 Å². The van der Waals surface area contributed by atoms with Gasteiger partial charge in [0.15, 0.2) is 6.29 Å². The highest BCUT2D eigenvalue weighted by molar-refractivity contribution is 5.69. The van der Waals surface area contributed by atoms with Crippen molar-refractivity contribution in [3.63, 3.8) is 0 Å². The van der Waals surface area contributed by atoms with Crippen LogP contribution in [0.2, 0.25) is 0 Å². The molecule has 0 aromatic heterocycles. The third kappa shape index (κ3) is 33.4. The molecule has 352 valence electrons. The Kier molecular flexibility index (Phi) is 39.5.